The molecule has 1 aromatic heterocycles. The van der Waals surface area contributed by atoms with E-state index in [1.165, 1.54) is 12.1 Å². The summed E-state index contributed by atoms with van der Waals surface area (Å²) in [6.07, 6.45) is 0.477. The normalized spacial score (nSPS) is 17.6. The van der Waals surface area contributed by atoms with Gasteiger partial charge in [0.15, 0.2) is 0 Å². The Hall–Kier alpha value is -2.69. The Morgan fingerprint density at radius 1 is 1.16 bits per heavy atom. The van der Waals surface area contributed by atoms with Gasteiger partial charge in [0, 0.05) is 32.0 Å². The lowest BCUT2D eigenvalue weighted by atomic mass is 10.1. The first-order chi connectivity index (χ1) is 12.2. The molecule has 1 aliphatic heterocycles. The minimum Gasteiger partial charge on any atom is -0.338 e. The molecule has 2 heterocycles. The molecule has 1 atom stereocenters. The zero-order chi connectivity index (χ0) is 17.4. The van der Waals surface area contributed by atoms with Crippen LogP contribution in [0.3, 0.4) is 0 Å². The summed E-state index contributed by atoms with van der Waals surface area (Å²) in [7, 11) is 0. The molecular weight excluding hydrogens is 317 g/mol. The second-order valence-electron chi connectivity index (χ2n) is 6.50. The van der Waals surface area contributed by atoms with Crippen molar-refractivity contribution in [3.05, 3.63) is 65.7 Å². The number of hydrogen-bond donors (Lipinski definition) is 0. The Kier molecular flexibility index (Phi) is 3.99. The van der Waals surface area contributed by atoms with Crippen LogP contribution in [0.5, 0.6) is 0 Å². The predicted octanol–water partition coefficient (Wildman–Crippen LogP) is 3.71. The Morgan fingerprint density at radius 3 is 2.68 bits per heavy atom. The lowest BCUT2D eigenvalue weighted by Gasteiger charge is -2.17. The number of aromatic nitrogens is 2. The molecule has 0 bridgehead atoms. The van der Waals surface area contributed by atoms with E-state index in [1.807, 2.05) is 23.1 Å². The highest BCUT2D eigenvalue weighted by Crippen LogP contribution is 2.31. The van der Waals surface area contributed by atoms with E-state index in [2.05, 4.69) is 17.6 Å². The standard InChI is InChI=1S/C20H20FN3O/c1-2-24-18-6-4-3-5-17(18)22-20(24)15-11-19(25)23(13-15)12-14-7-9-16(21)10-8-14/h3-10,15H,2,11-13H2,1H3/t15-/m1/s1. The Labute approximate surface area is 145 Å². The summed E-state index contributed by atoms with van der Waals surface area (Å²) in [6, 6.07) is 14.4. The van der Waals surface area contributed by atoms with Gasteiger partial charge in [0.25, 0.3) is 0 Å². The average Bonchev–Trinajstić information content (AvgIpc) is 3.17. The quantitative estimate of drug-likeness (QED) is 0.728. The van der Waals surface area contributed by atoms with Crippen molar-refractivity contribution >= 4 is 16.9 Å². The number of benzene rings is 2. The smallest absolute Gasteiger partial charge is 0.223 e. The van der Waals surface area contributed by atoms with Gasteiger partial charge in [0.05, 0.1) is 11.0 Å². The first-order valence-corrected chi connectivity index (χ1v) is 8.63. The van der Waals surface area contributed by atoms with Crippen LogP contribution in [0.4, 0.5) is 4.39 Å². The molecule has 3 aromatic rings. The third-order valence-corrected chi connectivity index (χ3v) is 4.87. The van der Waals surface area contributed by atoms with E-state index in [0.29, 0.717) is 19.5 Å². The number of fused-ring (bicyclic) bond motifs is 1. The average molecular weight is 337 g/mol. The molecule has 0 saturated carbocycles. The molecule has 25 heavy (non-hydrogen) atoms. The van der Waals surface area contributed by atoms with Gasteiger partial charge in [-0.25, -0.2) is 9.37 Å². The summed E-state index contributed by atoms with van der Waals surface area (Å²) in [4.78, 5) is 19.1. The van der Waals surface area contributed by atoms with Gasteiger partial charge < -0.3 is 9.47 Å². The number of aryl methyl sites for hydroxylation is 1. The van der Waals surface area contributed by atoms with Crippen molar-refractivity contribution in [2.45, 2.75) is 32.4 Å². The van der Waals surface area contributed by atoms with E-state index in [-0.39, 0.29) is 17.6 Å². The molecule has 1 aliphatic rings. The van der Waals surface area contributed by atoms with Gasteiger partial charge in [-0.2, -0.15) is 0 Å². The van der Waals surface area contributed by atoms with E-state index < -0.39 is 0 Å². The van der Waals surface area contributed by atoms with Crippen LogP contribution in [0.15, 0.2) is 48.5 Å². The Bertz CT molecular complexity index is 916. The SMILES string of the molecule is CCn1c([C@@H]2CC(=O)N(Cc3ccc(F)cc3)C2)nc2ccccc21. The number of carbonyl (C=O) groups excluding carboxylic acids is 1. The van der Waals surface area contributed by atoms with Gasteiger partial charge in [0.1, 0.15) is 11.6 Å². The number of carbonyl (C=O) groups is 1. The number of imidazole rings is 1. The summed E-state index contributed by atoms with van der Waals surface area (Å²) < 4.78 is 15.3. The summed E-state index contributed by atoms with van der Waals surface area (Å²) in [5.74, 6) is 0.953. The molecule has 128 valence electrons. The van der Waals surface area contributed by atoms with Crippen LogP contribution < -0.4 is 0 Å². The molecular formula is C20H20FN3O. The molecule has 4 nitrogen and oxygen atoms in total. The number of amides is 1. The maximum absolute atomic E-state index is 13.1. The molecule has 0 radical (unpaired) electrons. The first-order valence-electron chi connectivity index (χ1n) is 8.63. The van der Waals surface area contributed by atoms with Gasteiger partial charge in [-0.1, -0.05) is 24.3 Å². The number of likely N-dealkylation sites (tertiary alicyclic amines) is 1. The molecule has 2 aromatic carbocycles. The van der Waals surface area contributed by atoms with Crippen LogP contribution in [-0.2, 0) is 17.9 Å². The summed E-state index contributed by atoms with van der Waals surface area (Å²) in [5, 5.41) is 0. The van der Waals surface area contributed by atoms with Crippen molar-refractivity contribution in [1.82, 2.24) is 14.5 Å². The fourth-order valence-corrected chi connectivity index (χ4v) is 3.65. The second kappa shape index (κ2) is 6.31. The van der Waals surface area contributed by atoms with Crippen LogP contribution in [0, 0.1) is 5.82 Å². The van der Waals surface area contributed by atoms with Gasteiger partial charge in [-0.05, 0) is 36.8 Å². The molecule has 1 fully saturated rings. The predicted molar refractivity (Wildman–Crippen MR) is 94.6 cm³/mol. The molecule has 0 aliphatic carbocycles. The number of para-hydroxylation sites is 2. The van der Waals surface area contributed by atoms with E-state index in [4.69, 9.17) is 4.98 Å². The van der Waals surface area contributed by atoms with Gasteiger partial charge in [-0.15, -0.1) is 0 Å². The topological polar surface area (TPSA) is 38.1 Å². The third kappa shape index (κ3) is 2.90. The molecule has 1 saturated heterocycles. The van der Waals surface area contributed by atoms with Gasteiger partial charge in [-0.3, -0.25) is 4.79 Å². The van der Waals surface area contributed by atoms with E-state index >= 15 is 0 Å². The van der Waals surface area contributed by atoms with Crippen molar-refractivity contribution in [3.8, 4) is 0 Å². The van der Waals surface area contributed by atoms with Crippen molar-refractivity contribution in [2.24, 2.45) is 0 Å². The zero-order valence-corrected chi connectivity index (χ0v) is 14.2. The monoisotopic (exact) mass is 337 g/mol. The second-order valence-corrected chi connectivity index (χ2v) is 6.50. The van der Waals surface area contributed by atoms with Crippen LogP contribution in [0.1, 0.15) is 30.7 Å². The maximum atomic E-state index is 13.1. The zero-order valence-electron chi connectivity index (χ0n) is 14.2. The lowest BCUT2D eigenvalue weighted by Crippen LogP contribution is -2.24. The fourth-order valence-electron chi connectivity index (χ4n) is 3.65. The molecule has 0 spiro atoms. The highest BCUT2D eigenvalue weighted by atomic mass is 19.1. The van der Waals surface area contributed by atoms with Crippen molar-refractivity contribution in [1.29, 1.82) is 0 Å². The lowest BCUT2D eigenvalue weighted by molar-refractivity contribution is -0.128. The number of rotatable bonds is 4. The number of halogens is 1. The molecule has 5 heteroatoms. The number of nitrogens with zero attached hydrogens (tertiary/aromatic N) is 3. The molecule has 4 rings (SSSR count). The van der Waals surface area contributed by atoms with E-state index in [9.17, 15) is 9.18 Å². The minimum atomic E-state index is -0.258. The van der Waals surface area contributed by atoms with Crippen LogP contribution in [0.2, 0.25) is 0 Å². The summed E-state index contributed by atoms with van der Waals surface area (Å²) >= 11 is 0. The summed E-state index contributed by atoms with van der Waals surface area (Å²) in [5.41, 5.74) is 3.03. The fraction of sp³-hybridized carbons (Fsp3) is 0.300. The largest absolute Gasteiger partial charge is 0.338 e. The first kappa shape index (κ1) is 15.8. The van der Waals surface area contributed by atoms with Crippen molar-refractivity contribution < 1.29 is 9.18 Å². The molecule has 0 unspecified atom stereocenters. The minimum absolute atomic E-state index is 0.0975. The highest BCUT2D eigenvalue weighted by Gasteiger charge is 2.33. The highest BCUT2D eigenvalue weighted by molar-refractivity contribution is 5.81. The Morgan fingerprint density at radius 2 is 1.92 bits per heavy atom. The maximum Gasteiger partial charge on any atom is 0.223 e. The molecule has 1 amide bonds. The van der Waals surface area contributed by atoms with Gasteiger partial charge in [0.2, 0.25) is 5.91 Å². The van der Waals surface area contributed by atoms with E-state index in [0.717, 1.165) is 29.0 Å². The van der Waals surface area contributed by atoms with Crippen LogP contribution >= 0.6 is 0 Å². The van der Waals surface area contributed by atoms with Crippen LogP contribution in [0.25, 0.3) is 11.0 Å². The van der Waals surface area contributed by atoms with Crippen molar-refractivity contribution in [3.63, 3.8) is 0 Å². The Balaban J connectivity index is 1.59. The van der Waals surface area contributed by atoms with Crippen molar-refractivity contribution in [2.75, 3.05) is 6.54 Å². The number of hydrogen-bond acceptors (Lipinski definition) is 2. The molecule has 0 N–H and O–H groups in total. The van der Waals surface area contributed by atoms with Gasteiger partial charge >= 0.3 is 0 Å². The third-order valence-electron chi connectivity index (χ3n) is 4.87. The van der Waals surface area contributed by atoms with Crippen LogP contribution in [-0.4, -0.2) is 26.9 Å². The summed E-state index contributed by atoms with van der Waals surface area (Å²) in [6.45, 7) is 4.10. The van der Waals surface area contributed by atoms with E-state index in [1.54, 1.807) is 12.1 Å².